The Hall–Kier alpha value is -2.34. The molecule has 1 N–H and O–H groups in total. The molecule has 2 aromatic rings. The Kier molecular flexibility index (Phi) is 4.68. The van der Waals surface area contributed by atoms with Crippen LogP contribution in [0, 0.1) is 5.92 Å². The van der Waals surface area contributed by atoms with Gasteiger partial charge in [-0.1, -0.05) is 29.8 Å². The lowest BCUT2D eigenvalue weighted by molar-refractivity contribution is -0.125. The first-order valence-corrected chi connectivity index (χ1v) is 9.40. The highest BCUT2D eigenvalue weighted by molar-refractivity contribution is 6.33. The zero-order chi connectivity index (χ0) is 18.1. The number of rotatable bonds is 4. The van der Waals surface area contributed by atoms with E-state index in [-0.39, 0.29) is 22.4 Å². The average Bonchev–Trinajstić information content (AvgIpc) is 3.49. The summed E-state index contributed by atoms with van der Waals surface area (Å²) >= 11 is 6.36. The van der Waals surface area contributed by atoms with Crippen LogP contribution >= 0.6 is 11.6 Å². The summed E-state index contributed by atoms with van der Waals surface area (Å²) in [7, 11) is 0. The third kappa shape index (κ3) is 3.46. The maximum absolute atomic E-state index is 12.6. The van der Waals surface area contributed by atoms with Crippen LogP contribution in [0.1, 0.15) is 25.7 Å². The van der Waals surface area contributed by atoms with Crippen LogP contribution in [0.25, 0.3) is 5.69 Å². The molecule has 0 radical (unpaired) electrons. The minimum atomic E-state index is -0.330. The lowest BCUT2D eigenvalue weighted by Gasteiger charge is -2.33. The Labute approximate surface area is 156 Å². The van der Waals surface area contributed by atoms with E-state index in [0.29, 0.717) is 30.5 Å². The van der Waals surface area contributed by atoms with Crippen molar-refractivity contribution in [3.8, 4) is 5.69 Å². The van der Waals surface area contributed by atoms with Gasteiger partial charge >= 0.3 is 0 Å². The number of hydrogen-bond acceptors (Lipinski definition) is 4. The highest BCUT2D eigenvalue weighted by atomic mass is 35.5. The Morgan fingerprint density at radius 1 is 1.12 bits per heavy atom. The van der Waals surface area contributed by atoms with E-state index >= 15 is 0 Å². The van der Waals surface area contributed by atoms with E-state index in [0.717, 1.165) is 25.7 Å². The molecule has 4 rings (SSSR count). The van der Waals surface area contributed by atoms with Gasteiger partial charge in [-0.05, 0) is 37.8 Å². The van der Waals surface area contributed by atoms with Crippen molar-refractivity contribution in [1.82, 2.24) is 15.1 Å². The molecule has 1 aliphatic heterocycles. The van der Waals surface area contributed by atoms with Gasteiger partial charge in [0, 0.05) is 25.0 Å². The molecule has 1 aliphatic carbocycles. The second-order valence-electron chi connectivity index (χ2n) is 6.94. The molecule has 1 saturated heterocycles. The third-order valence-electron chi connectivity index (χ3n) is 5.03. The SMILES string of the molecule is O=C(NC1CC1)C1CCN(c2cnn(-c3ccccc3)c(=O)c2Cl)CC1. The summed E-state index contributed by atoms with van der Waals surface area (Å²) in [6.07, 6.45) is 5.36. The van der Waals surface area contributed by atoms with E-state index in [4.69, 9.17) is 11.6 Å². The molecular weight excluding hydrogens is 352 g/mol. The Morgan fingerprint density at radius 3 is 2.46 bits per heavy atom. The second kappa shape index (κ2) is 7.11. The van der Waals surface area contributed by atoms with E-state index in [1.807, 2.05) is 35.2 Å². The fourth-order valence-corrected chi connectivity index (χ4v) is 3.58. The van der Waals surface area contributed by atoms with Crippen LogP contribution < -0.4 is 15.8 Å². The number of halogens is 1. The van der Waals surface area contributed by atoms with Gasteiger partial charge in [0.2, 0.25) is 5.91 Å². The van der Waals surface area contributed by atoms with Gasteiger partial charge < -0.3 is 10.2 Å². The molecule has 7 heteroatoms. The Bertz CT molecular complexity index is 856. The molecule has 0 unspecified atom stereocenters. The van der Waals surface area contributed by atoms with Crippen molar-refractivity contribution in [2.24, 2.45) is 5.92 Å². The predicted octanol–water partition coefficient (Wildman–Crippen LogP) is 2.38. The molecule has 1 saturated carbocycles. The van der Waals surface area contributed by atoms with Crippen LogP contribution in [-0.4, -0.2) is 34.8 Å². The molecule has 1 aromatic carbocycles. The smallest absolute Gasteiger partial charge is 0.292 e. The Balaban J connectivity index is 1.48. The van der Waals surface area contributed by atoms with Gasteiger partial charge in [-0.2, -0.15) is 9.78 Å². The summed E-state index contributed by atoms with van der Waals surface area (Å²) in [5.74, 6) is 0.208. The minimum Gasteiger partial charge on any atom is -0.369 e. The van der Waals surface area contributed by atoms with Crippen molar-refractivity contribution >= 4 is 23.2 Å². The van der Waals surface area contributed by atoms with Crippen molar-refractivity contribution in [2.75, 3.05) is 18.0 Å². The number of benzene rings is 1. The summed E-state index contributed by atoms with van der Waals surface area (Å²) in [6.45, 7) is 1.39. The molecule has 2 fully saturated rings. The summed E-state index contributed by atoms with van der Waals surface area (Å²) < 4.78 is 1.31. The highest BCUT2D eigenvalue weighted by Gasteiger charge is 2.30. The van der Waals surface area contributed by atoms with Crippen molar-refractivity contribution < 1.29 is 4.79 Å². The number of para-hydroxylation sites is 1. The first-order valence-electron chi connectivity index (χ1n) is 9.02. The maximum Gasteiger partial charge on any atom is 0.292 e. The number of piperidine rings is 1. The van der Waals surface area contributed by atoms with Crippen molar-refractivity contribution in [3.05, 3.63) is 51.9 Å². The fraction of sp³-hybridized carbons (Fsp3) is 0.421. The van der Waals surface area contributed by atoms with E-state index in [9.17, 15) is 9.59 Å². The number of anilines is 1. The minimum absolute atomic E-state index is 0.0447. The van der Waals surface area contributed by atoms with Crippen molar-refractivity contribution in [2.45, 2.75) is 31.7 Å². The van der Waals surface area contributed by atoms with Crippen LogP contribution in [0.3, 0.4) is 0 Å². The molecule has 0 spiro atoms. The monoisotopic (exact) mass is 372 g/mol. The maximum atomic E-state index is 12.6. The number of carbonyl (C=O) groups is 1. The van der Waals surface area contributed by atoms with Crippen molar-refractivity contribution in [3.63, 3.8) is 0 Å². The lowest BCUT2D eigenvalue weighted by atomic mass is 9.95. The second-order valence-corrected chi connectivity index (χ2v) is 7.32. The molecule has 2 heterocycles. The largest absolute Gasteiger partial charge is 0.369 e. The Morgan fingerprint density at radius 2 is 1.81 bits per heavy atom. The first-order chi connectivity index (χ1) is 12.6. The number of nitrogens with zero attached hydrogens (tertiary/aromatic N) is 3. The molecule has 1 amide bonds. The molecular formula is C19H21ClN4O2. The molecule has 0 atom stereocenters. The van der Waals surface area contributed by atoms with Crippen LogP contribution in [0.15, 0.2) is 41.3 Å². The predicted molar refractivity (Wildman–Crippen MR) is 101 cm³/mol. The number of amides is 1. The molecule has 136 valence electrons. The van der Waals surface area contributed by atoms with E-state index in [1.54, 1.807) is 6.20 Å². The van der Waals surface area contributed by atoms with E-state index < -0.39 is 0 Å². The first kappa shape index (κ1) is 17.1. The number of aromatic nitrogens is 2. The summed E-state index contributed by atoms with van der Waals surface area (Å²) in [5, 5.41) is 7.53. The summed E-state index contributed by atoms with van der Waals surface area (Å²) in [4.78, 5) is 26.9. The van der Waals surface area contributed by atoms with Crippen LogP contribution in [0.5, 0.6) is 0 Å². The molecule has 6 nitrogen and oxygen atoms in total. The van der Waals surface area contributed by atoms with Gasteiger partial charge in [0.15, 0.2) is 0 Å². The lowest BCUT2D eigenvalue weighted by Crippen LogP contribution is -2.41. The van der Waals surface area contributed by atoms with Crippen LogP contribution in [0.4, 0.5) is 5.69 Å². The van der Waals surface area contributed by atoms with Gasteiger partial charge in [0.05, 0.1) is 17.6 Å². The van der Waals surface area contributed by atoms with Gasteiger partial charge in [-0.15, -0.1) is 0 Å². The van der Waals surface area contributed by atoms with Crippen LogP contribution in [0.2, 0.25) is 5.02 Å². The standard InChI is InChI=1S/C19H21ClN4O2/c20-17-16(12-21-24(19(17)26)15-4-2-1-3-5-15)23-10-8-13(9-11-23)18(25)22-14-6-7-14/h1-5,12-14H,6-11H2,(H,22,25). The van der Waals surface area contributed by atoms with Gasteiger partial charge in [-0.25, -0.2) is 0 Å². The number of nitrogens with one attached hydrogen (secondary N) is 1. The average molecular weight is 373 g/mol. The van der Waals surface area contributed by atoms with E-state index in [1.165, 1.54) is 4.68 Å². The topological polar surface area (TPSA) is 67.2 Å². The fourth-order valence-electron chi connectivity index (χ4n) is 3.33. The zero-order valence-electron chi connectivity index (χ0n) is 14.4. The quantitative estimate of drug-likeness (QED) is 0.894. The van der Waals surface area contributed by atoms with E-state index in [2.05, 4.69) is 10.4 Å². The number of carbonyl (C=O) groups excluding carboxylic acids is 1. The third-order valence-corrected chi connectivity index (χ3v) is 5.39. The zero-order valence-corrected chi connectivity index (χ0v) is 15.2. The molecule has 2 aliphatic rings. The molecule has 26 heavy (non-hydrogen) atoms. The summed E-state index contributed by atoms with van der Waals surface area (Å²) in [6, 6.07) is 9.60. The van der Waals surface area contributed by atoms with Gasteiger partial charge in [0.1, 0.15) is 5.02 Å². The van der Waals surface area contributed by atoms with Crippen LogP contribution in [-0.2, 0) is 4.79 Å². The molecule has 0 bridgehead atoms. The van der Waals surface area contributed by atoms with Gasteiger partial charge in [0.25, 0.3) is 5.56 Å². The summed E-state index contributed by atoms with van der Waals surface area (Å²) in [5.41, 5.74) is 0.996. The molecule has 1 aromatic heterocycles. The normalized spacial score (nSPS) is 18.0. The van der Waals surface area contributed by atoms with Gasteiger partial charge in [-0.3, -0.25) is 9.59 Å². The highest BCUT2D eigenvalue weighted by Crippen LogP contribution is 2.28. The number of hydrogen-bond donors (Lipinski definition) is 1. The van der Waals surface area contributed by atoms with Crippen molar-refractivity contribution in [1.29, 1.82) is 0 Å².